The van der Waals surface area contributed by atoms with Crippen LogP contribution in [0.4, 0.5) is 11.5 Å². The number of benzene rings is 1. The molecule has 1 heterocycles. The first kappa shape index (κ1) is 18.6. The Morgan fingerprint density at radius 2 is 1.80 bits per heavy atom. The molecule has 5 nitrogen and oxygen atoms in total. The lowest BCUT2D eigenvalue weighted by Gasteiger charge is -2.20. The van der Waals surface area contributed by atoms with E-state index >= 15 is 0 Å². The fourth-order valence-corrected chi connectivity index (χ4v) is 2.49. The Kier molecular flexibility index (Phi) is 5.57. The van der Waals surface area contributed by atoms with E-state index in [1.807, 2.05) is 24.3 Å². The molecule has 0 radical (unpaired) electrons. The highest BCUT2D eigenvalue weighted by atomic mass is 16.2. The van der Waals surface area contributed by atoms with Crippen LogP contribution in [-0.2, 0) is 11.2 Å². The normalized spacial score (nSPS) is 11.1. The Hall–Kier alpha value is -2.69. The fourth-order valence-electron chi connectivity index (χ4n) is 2.49. The van der Waals surface area contributed by atoms with Crippen molar-refractivity contribution in [1.29, 1.82) is 0 Å². The summed E-state index contributed by atoms with van der Waals surface area (Å²) in [5.74, 6) is 0.286. The molecule has 25 heavy (non-hydrogen) atoms. The van der Waals surface area contributed by atoms with E-state index in [4.69, 9.17) is 0 Å². The highest BCUT2D eigenvalue weighted by Gasteiger charge is 2.17. The van der Waals surface area contributed by atoms with Gasteiger partial charge in [-0.25, -0.2) is 4.98 Å². The van der Waals surface area contributed by atoms with E-state index in [-0.39, 0.29) is 17.2 Å². The number of aromatic nitrogens is 1. The van der Waals surface area contributed by atoms with Crippen LogP contribution in [0.3, 0.4) is 0 Å². The molecule has 0 fully saturated rings. The molecule has 0 saturated carbocycles. The minimum absolute atomic E-state index is 0.0941. The zero-order chi connectivity index (χ0) is 18.6. The molecule has 2 rings (SSSR count). The summed E-state index contributed by atoms with van der Waals surface area (Å²) >= 11 is 0. The van der Waals surface area contributed by atoms with Crippen LogP contribution in [0, 0.1) is 5.41 Å². The smallest absolute Gasteiger partial charge is 0.255 e. The minimum atomic E-state index is -0.158. The molecule has 0 atom stereocenters. The monoisotopic (exact) mass is 339 g/mol. The van der Waals surface area contributed by atoms with Gasteiger partial charge in [-0.1, -0.05) is 39.0 Å². The van der Waals surface area contributed by atoms with Crippen molar-refractivity contribution < 1.29 is 9.59 Å². The van der Waals surface area contributed by atoms with Gasteiger partial charge in [0, 0.05) is 19.5 Å². The first-order valence-corrected chi connectivity index (χ1v) is 8.27. The van der Waals surface area contributed by atoms with Crippen molar-refractivity contribution in [3.63, 3.8) is 0 Å². The predicted octanol–water partition coefficient (Wildman–Crippen LogP) is 3.91. The number of anilines is 2. The molecule has 0 unspecified atom stereocenters. The number of nitrogens with zero attached hydrogens (tertiary/aromatic N) is 2. The van der Waals surface area contributed by atoms with Gasteiger partial charge in [-0.2, -0.15) is 0 Å². The van der Waals surface area contributed by atoms with Gasteiger partial charge in [-0.15, -0.1) is 0 Å². The van der Waals surface area contributed by atoms with Gasteiger partial charge in [0.25, 0.3) is 5.91 Å². The number of rotatable bonds is 4. The average molecular weight is 339 g/mol. The van der Waals surface area contributed by atoms with Crippen LogP contribution in [0.1, 0.15) is 43.6 Å². The Bertz CT molecular complexity index is 761. The second kappa shape index (κ2) is 7.47. The maximum atomic E-state index is 12.6. The molecular weight excluding hydrogens is 314 g/mol. The molecule has 1 aromatic carbocycles. The van der Waals surface area contributed by atoms with E-state index in [2.05, 4.69) is 31.1 Å². The molecule has 0 bridgehead atoms. The van der Waals surface area contributed by atoms with Crippen molar-refractivity contribution in [3.05, 3.63) is 53.7 Å². The number of carbonyl (C=O) groups excluding carboxylic acids is 2. The van der Waals surface area contributed by atoms with Gasteiger partial charge in [0.15, 0.2) is 0 Å². The SMILES string of the molecule is CC(=O)N(C)c1ccc(NC(=O)c2ccccc2CC(C)(C)C)cn1. The Morgan fingerprint density at radius 1 is 1.12 bits per heavy atom. The molecule has 2 aromatic rings. The summed E-state index contributed by atoms with van der Waals surface area (Å²) in [6, 6.07) is 11.1. The first-order chi connectivity index (χ1) is 11.7. The summed E-state index contributed by atoms with van der Waals surface area (Å²) in [4.78, 5) is 29.7. The molecule has 0 saturated heterocycles. The topological polar surface area (TPSA) is 62.3 Å². The van der Waals surface area contributed by atoms with Gasteiger partial charge in [0.05, 0.1) is 11.9 Å². The summed E-state index contributed by atoms with van der Waals surface area (Å²) in [7, 11) is 1.66. The number of nitrogens with one attached hydrogen (secondary N) is 1. The predicted molar refractivity (Wildman–Crippen MR) is 101 cm³/mol. The number of pyridine rings is 1. The molecule has 1 N–H and O–H groups in total. The van der Waals surface area contributed by atoms with E-state index in [9.17, 15) is 9.59 Å². The highest BCUT2D eigenvalue weighted by Crippen LogP contribution is 2.23. The molecule has 0 spiro atoms. The fraction of sp³-hybridized carbons (Fsp3) is 0.350. The van der Waals surface area contributed by atoms with E-state index in [0.717, 1.165) is 12.0 Å². The second-order valence-corrected chi connectivity index (χ2v) is 7.33. The maximum Gasteiger partial charge on any atom is 0.255 e. The Balaban J connectivity index is 2.16. The Labute approximate surface area is 149 Å². The second-order valence-electron chi connectivity index (χ2n) is 7.33. The molecule has 0 aliphatic carbocycles. The van der Waals surface area contributed by atoms with Crippen LogP contribution in [0.2, 0.25) is 0 Å². The van der Waals surface area contributed by atoms with Crippen LogP contribution in [0.25, 0.3) is 0 Å². The van der Waals surface area contributed by atoms with Crippen molar-refractivity contribution in [2.75, 3.05) is 17.3 Å². The third kappa shape index (κ3) is 5.14. The molecule has 1 aromatic heterocycles. The lowest BCUT2D eigenvalue weighted by molar-refractivity contribution is -0.116. The van der Waals surface area contributed by atoms with Gasteiger partial charge in [0.1, 0.15) is 5.82 Å². The quantitative estimate of drug-likeness (QED) is 0.919. The van der Waals surface area contributed by atoms with Gasteiger partial charge >= 0.3 is 0 Å². The molecule has 0 aliphatic rings. The number of hydrogen-bond donors (Lipinski definition) is 1. The third-order valence-corrected chi connectivity index (χ3v) is 3.80. The van der Waals surface area contributed by atoms with Crippen molar-refractivity contribution in [2.45, 2.75) is 34.1 Å². The van der Waals surface area contributed by atoms with Crippen LogP contribution >= 0.6 is 0 Å². The van der Waals surface area contributed by atoms with Crippen LogP contribution in [0.15, 0.2) is 42.6 Å². The maximum absolute atomic E-state index is 12.6. The average Bonchev–Trinajstić information content (AvgIpc) is 2.53. The minimum Gasteiger partial charge on any atom is -0.321 e. The standard InChI is InChI=1S/C20H25N3O2/c1-14(24)23(5)18-11-10-16(13-21-18)22-19(25)17-9-7-6-8-15(17)12-20(2,3)4/h6-11,13H,12H2,1-5H3,(H,22,25). The molecule has 2 amide bonds. The van der Waals surface area contributed by atoms with Gasteiger partial charge in [-0.3, -0.25) is 9.59 Å². The Morgan fingerprint density at radius 3 is 2.36 bits per heavy atom. The largest absolute Gasteiger partial charge is 0.321 e. The van der Waals surface area contributed by atoms with Crippen molar-refractivity contribution in [3.8, 4) is 0 Å². The number of amides is 2. The van der Waals surface area contributed by atoms with E-state index < -0.39 is 0 Å². The molecule has 132 valence electrons. The summed E-state index contributed by atoms with van der Waals surface area (Å²) < 4.78 is 0. The zero-order valence-corrected chi connectivity index (χ0v) is 15.5. The van der Waals surface area contributed by atoms with Crippen LogP contribution in [0.5, 0.6) is 0 Å². The summed E-state index contributed by atoms with van der Waals surface area (Å²) in [5.41, 5.74) is 2.38. The molecule has 5 heteroatoms. The van der Waals surface area contributed by atoms with Crippen molar-refractivity contribution in [2.24, 2.45) is 5.41 Å². The van der Waals surface area contributed by atoms with Crippen molar-refractivity contribution >= 4 is 23.3 Å². The lowest BCUT2D eigenvalue weighted by atomic mass is 9.86. The molecule has 0 aliphatic heterocycles. The van der Waals surface area contributed by atoms with Gasteiger partial charge in [0.2, 0.25) is 5.91 Å². The van der Waals surface area contributed by atoms with Crippen molar-refractivity contribution in [1.82, 2.24) is 4.98 Å². The van der Waals surface area contributed by atoms with E-state index in [0.29, 0.717) is 17.1 Å². The lowest BCUT2D eigenvalue weighted by Crippen LogP contribution is -2.23. The number of carbonyl (C=O) groups is 2. The van der Waals surface area contributed by atoms with Gasteiger partial charge < -0.3 is 10.2 Å². The van der Waals surface area contributed by atoms with Gasteiger partial charge in [-0.05, 0) is 35.6 Å². The molecular formula is C20H25N3O2. The zero-order valence-electron chi connectivity index (χ0n) is 15.5. The van der Waals surface area contributed by atoms with E-state index in [1.54, 1.807) is 25.4 Å². The van der Waals surface area contributed by atoms with Crippen LogP contribution < -0.4 is 10.2 Å². The summed E-state index contributed by atoms with van der Waals surface area (Å²) in [6.45, 7) is 7.92. The summed E-state index contributed by atoms with van der Waals surface area (Å²) in [6.07, 6.45) is 2.37. The van der Waals surface area contributed by atoms with E-state index in [1.165, 1.54) is 11.8 Å². The number of hydrogen-bond acceptors (Lipinski definition) is 3. The third-order valence-electron chi connectivity index (χ3n) is 3.80. The summed E-state index contributed by atoms with van der Waals surface area (Å²) in [5, 5.41) is 2.87. The first-order valence-electron chi connectivity index (χ1n) is 8.27. The highest BCUT2D eigenvalue weighted by molar-refractivity contribution is 6.05. The van der Waals surface area contributed by atoms with Crippen LogP contribution in [-0.4, -0.2) is 23.8 Å².